The Bertz CT molecular complexity index is 398. The Hall–Kier alpha value is -1.35. The third-order valence-corrected chi connectivity index (χ3v) is 2.89. The average Bonchev–Trinajstić information content (AvgIpc) is 2.41. The molecule has 0 spiro atoms. The highest BCUT2D eigenvalue weighted by Gasteiger charge is 2.43. The maximum Gasteiger partial charge on any atom is 0.256 e. The van der Waals surface area contributed by atoms with Crippen molar-refractivity contribution in [3.8, 4) is 0 Å². The zero-order valence-electron chi connectivity index (χ0n) is 9.03. The predicted octanol–water partition coefficient (Wildman–Crippen LogP) is 1.72. The standard InChI is InChI=1S/C12H15NO2/c1-3-8-13-11(14)9-6-4-5-7-10(9)12(13,2)15/h4-7,15H,3,8H2,1-2H3. The lowest BCUT2D eigenvalue weighted by Gasteiger charge is -2.30. The smallest absolute Gasteiger partial charge is 0.256 e. The van der Waals surface area contributed by atoms with Crippen molar-refractivity contribution in [3.05, 3.63) is 35.4 Å². The van der Waals surface area contributed by atoms with E-state index in [1.54, 1.807) is 13.0 Å². The molecule has 1 heterocycles. The van der Waals surface area contributed by atoms with Crippen LogP contribution in [0.1, 0.15) is 36.2 Å². The van der Waals surface area contributed by atoms with Gasteiger partial charge in [-0.05, 0) is 19.4 Å². The number of nitrogens with zero attached hydrogens (tertiary/aromatic N) is 1. The van der Waals surface area contributed by atoms with E-state index in [1.807, 2.05) is 25.1 Å². The zero-order valence-corrected chi connectivity index (χ0v) is 9.03. The molecule has 15 heavy (non-hydrogen) atoms. The minimum Gasteiger partial charge on any atom is -0.367 e. The van der Waals surface area contributed by atoms with Crippen molar-refractivity contribution >= 4 is 5.91 Å². The lowest BCUT2D eigenvalue weighted by atomic mass is 10.0. The first-order valence-electron chi connectivity index (χ1n) is 5.23. The van der Waals surface area contributed by atoms with Gasteiger partial charge >= 0.3 is 0 Å². The molecule has 0 aromatic heterocycles. The maximum atomic E-state index is 12.0. The Morgan fingerprint density at radius 3 is 2.67 bits per heavy atom. The third-order valence-electron chi connectivity index (χ3n) is 2.89. The van der Waals surface area contributed by atoms with Crippen LogP contribution in [0.4, 0.5) is 0 Å². The quantitative estimate of drug-likeness (QED) is 0.798. The van der Waals surface area contributed by atoms with Gasteiger partial charge in [-0.1, -0.05) is 25.1 Å². The second kappa shape index (κ2) is 3.35. The summed E-state index contributed by atoms with van der Waals surface area (Å²) in [6.07, 6.45) is 0.843. The maximum absolute atomic E-state index is 12.0. The van der Waals surface area contributed by atoms with Crippen LogP contribution in [0, 0.1) is 0 Å². The molecule has 0 fully saturated rings. The van der Waals surface area contributed by atoms with E-state index in [1.165, 1.54) is 4.90 Å². The van der Waals surface area contributed by atoms with E-state index in [9.17, 15) is 9.90 Å². The van der Waals surface area contributed by atoms with Crippen LogP contribution in [0.15, 0.2) is 24.3 Å². The molecule has 1 aliphatic heterocycles. The van der Waals surface area contributed by atoms with Crippen LogP contribution < -0.4 is 0 Å². The normalized spacial score (nSPS) is 24.5. The van der Waals surface area contributed by atoms with E-state index in [-0.39, 0.29) is 5.91 Å². The summed E-state index contributed by atoms with van der Waals surface area (Å²) in [6, 6.07) is 7.24. The van der Waals surface area contributed by atoms with Gasteiger partial charge in [-0.3, -0.25) is 4.79 Å². The van der Waals surface area contributed by atoms with Gasteiger partial charge in [0, 0.05) is 17.7 Å². The number of aliphatic hydroxyl groups is 1. The Kier molecular flexibility index (Phi) is 2.27. The van der Waals surface area contributed by atoms with Gasteiger partial charge in [-0.25, -0.2) is 0 Å². The fourth-order valence-corrected chi connectivity index (χ4v) is 2.11. The van der Waals surface area contributed by atoms with Gasteiger partial charge in [0.05, 0.1) is 0 Å². The van der Waals surface area contributed by atoms with E-state index in [0.29, 0.717) is 17.7 Å². The fourth-order valence-electron chi connectivity index (χ4n) is 2.11. The molecule has 1 aromatic rings. The highest BCUT2D eigenvalue weighted by Crippen LogP contribution is 2.36. The Balaban J connectivity index is 2.50. The molecule has 1 amide bonds. The number of amides is 1. The number of hydrogen-bond donors (Lipinski definition) is 1. The molecule has 1 aromatic carbocycles. The van der Waals surface area contributed by atoms with Crippen LogP contribution in [-0.2, 0) is 5.72 Å². The minimum absolute atomic E-state index is 0.0718. The topological polar surface area (TPSA) is 40.5 Å². The second-order valence-electron chi connectivity index (χ2n) is 4.02. The molecule has 0 radical (unpaired) electrons. The monoisotopic (exact) mass is 205 g/mol. The predicted molar refractivity (Wildman–Crippen MR) is 57.3 cm³/mol. The van der Waals surface area contributed by atoms with Gasteiger partial charge in [-0.2, -0.15) is 0 Å². The number of carbonyl (C=O) groups excluding carboxylic acids is 1. The van der Waals surface area contributed by atoms with Crippen LogP contribution in [0.2, 0.25) is 0 Å². The van der Waals surface area contributed by atoms with Gasteiger partial charge in [0.2, 0.25) is 0 Å². The summed E-state index contributed by atoms with van der Waals surface area (Å²) in [4.78, 5) is 13.5. The van der Waals surface area contributed by atoms with Crippen molar-refractivity contribution in [1.82, 2.24) is 4.90 Å². The summed E-state index contributed by atoms with van der Waals surface area (Å²) in [5, 5.41) is 10.3. The number of fused-ring (bicyclic) bond motifs is 1. The molecule has 1 unspecified atom stereocenters. The van der Waals surface area contributed by atoms with Crippen molar-refractivity contribution in [2.75, 3.05) is 6.54 Å². The first-order chi connectivity index (χ1) is 7.09. The summed E-state index contributed by atoms with van der Waals surface area (Å²) in [5.74, 6) is -0.0718. The van der Waals surface area contributed by atoms with Gasteiger partial charge in [0.25, 0.3) is 5.91 Å². The molecule has 0 saturated carbocycles. The molecular formula is C12H15NO2. The highest BCUT2D eigenvalue weighted by molar-refractivity contribution is 5.99. The molecule has 1 N–H and O–H groups in total. The molecule has 3 heteroatoms. The van der Waals surface area contributed by atoms with Crippen LogP contribution in [0.5, 0.6) is 0 Å². The van der Waals surface area contributed by atoms with Gasteiger partial charge < -0.3 is 10.0 Å². The Morgan fingerprint density at radius 2 is 2.07 bits per heavy atom. The average molecular weight is 205 g/mol. The first kappa shape index (κ1) is 10.2. The Labute approximate surface area is 89.3 Å². The lowest BCUT2D eigenvalue weighted by Crippen LogP contribution is -2.41. The van der Waals surface area contributed by atoms with Crippen molar-refractivity contribution in [1.29, 1.82) is 0 Å². The summed E-state index contributed by atoms with van der Waals surface area (Å²) in [5.41, 5.74) is 0.184. The summed E-state index contributed by atoms with van der Waals surface area (Å²) < 4.78 is 0. The van der Waals surface area contributed by atoms with E-state index in [0.717, 1.165) is 6.42 Å². The zero-order chi connectivity index (χ0) is 11.1. The fraction of sp³-hybridized carbons (Fsp3) is 0.417. The minimum atomic E-state index is -1.15. The van der Waals surface area contributed by atoms with E-state index >= 15 is 0 Å². The number of carbonyl (C=O) groups is 1. The molecule has 80 valence electrons. The van der Waals surface area contributed by atoms with Crippen molar-refractivity contribution < 1.29 is 9.90 Å². The molecule has 3 nitrogen and oxygen atoms in total. The van der Waals surface area contributed by atoms with E-state index < -0.39 is 5.72 Å². The molecule has 1 aliphatic rings. The van der Waals surface area contributed by atoms with Crippen LogP contribution in [-0.4, -0.2) is 22.5 Å². The van der Waals surface area contributed by atoms with Gasteiger partial charge in [0.1, 0.15) is 0 Å². The third kappa shape index (κ3) is 1.35. The SMILES string of the molecule is CCCN1C(=O)c2ccccc2C1(C)O. The summed E-state index contributed by atoms with van der Waals surface area (Å²) in [6.45, 7) is 4.25. The second-order valence-corrected chi connectivity index (χ2v) is 4.02. The molecular weight excluding hydrogens is 190 g/mol. The Morgan fingerprint density at radius 1 is 1.40 bits per heavy atom. The number of hydrogen-bond acceptors (Lipinski definition) is 2. The van der Waals surface area contributed by atoms with Gasteiger partial charge in [0.15, 0.2) is 5.72 Å². The molecule has 0 saturated heterocycles. The largest absolute Gasteiger partial charge is 0.367 e. The lowest BCUT2D eigenvalue weighted by molar-refractivity contribution is -0.0683. The van der Waals surface area contributed by atoms with E-state index in [4.69, 9.17) is 0 Å². The number of rotatable bonds is 2. The van der Waals surface area contributed by atoms with Crippen molar-refractivity contribution in [3.63, 3.8) is 0 Å². The van der Waals surface area contributed by atoms with Crippen molar-refractivity contribution in [2.24, 2.45) is 0 Å². The molecule has 1 atom stereocenters. The van der Waals surface area contributed by atoms with Gasteiger partial charge in [-0.15, -0.1) is 0 Å². The van der Waals surface area contributed by atoms with Crippen molar-refractivity contribution in [2.45, 2.75) is 26.0 Å². The summed E-state index contributed by atoms with van der Waals surface area (Å²) in [7, 11) is 0. The first-order valence-corrected chi connectivity index (χ1v) is 5.23. The molecule has 0 bridgehead atoms. The van der Waals surface area contributed by atoms with Crippen LogP contribution in [0.3, 0.4) is 0 Å². The number of benzene rings is 1. The highest BCUT2D eigenvalue weighted by atomic mass is 16.3. The molecule has 2 rings (SSSR count). The van der Waals surface area contributed by atoms with Crippen LogP contribution >= 0.6 is 0 Å². The van der Waals surface area contributed by atoms with E-state index in [2.05, 4.69) is 0 Å². The summed E-state index contributed by atoms with van der Waals surface area (Å²) >= 11 is 0. The molecule has 0 aliphatic carbocycles. The van der Waals surface area contributed by atoms with Crippen LogP contribution in [0.25, 0.3) is 0 Å².